The highest BCUT2D eigenvalue weighted by Gasteiger charge is 2.47. The molecule has 0 fully saturated rings. The van der Waals surface area contributed by atoms with Crippen LogP contribution in [-0.2, 0) is 0 Å². The molecule has 0 spiro atoms. The molecule has 1 aromatic carbocycles. The van der Waals surface area contributed by atoms with E-state index in [1.54, 1.807) is 12.1 Å². The van der Waals surface area contributed by atoms with Gasteiger partial charge in [0.05, 0.1) is 8.95 Å². The van der Waals surface area contributed by atoms with Gasteiger partial charge in [-0.05, 0) is 60.6 Å². The van der Waals surface area contributed by atoms with Gasteiger partial charge in [-0.2, -0.15) is 0 Å². The van der Waals surface area contributed by atoms with Crippen LogP contribution in [0.25, 0.3) is 0 Å². The van der Waals surface area contributed by atoms with Crippen molar-refractivity contribution >= 4 is 40.2 Å². The molecule has 0 saturated carbocycles. The van der Waals surface area contributed by atoms with Crippen molar-refractivity contribution in [3.63, 3.8) is 0 Å². The average molecular weight is 426 g/mol. The lowest BCUT2D eigenvalue weighted by molar-refractivity contribution is 0.477. The molecule has 0 N–H and O–H groups in total. The van der Waals surface area contributed by atoms with E-state index < -0.39 is 8.32 Å². The van der Waals surface area contributed by atoms with Gasteiger partial charge in [-0.1, -0.05) is 41.5 Å². The van der Waals surface area contributed by atoms with Crippen LogP contribution in [0.4, 0.5) is 4.39 Å². The molecule has 0 aliphatic rings. The van der Waals surface area contributed by atoms with E-state index in [0.29, 0.717) is 25.6 Å². The van der Waals surface area contributed by atoms with Crippen LogP contribution >= 0.6 is 31.9 Å². The Labute approximate surface area is 139 Å². The minimum atomic E-state index is -2.00. The second-order valence-corrected chi connectivity index (χ2v) is 13.2. The van der Waals surface area contributed by atoms with Gasteiger partial charge < -0.3 is 4.43 Å². The van der Waals surface area contributed by atoms with Crippen LogP contribution in [0.1, 0.15) is 41.5 Å². The largest absolute Gasteiger partial charge is 0.543 e. The molecule has 20 heavy (non-hydrogen) atoms. The van der Waals surface area contributed by atoms with Crippen molar-refractivity contribution in [2.75, 3.05) is 0 Å². The molecular formula is C15H23Br2FOSi. The summed E-state index contributed by atoms with van der Waals surface area (Å²) in [6.45, 7) is 13.4. The Kier molecular flexibility index (Phi) is 6.29. The van der Waals surface area contributed by atoms with Gasteiger partial charge in [0.25, 0.3) is 8.32 Å². The monoisotopic (exact) mass is 424 g/mol. The number of rotatable bonds is 5. The Bertz CT molecular complexity index is 430. The molecule has 0 unspecified atom stereocenters. The number of hydrogen-bond donors (Lipinski definition) is 0. The molecule has 0 heterocycles. The second-order valence-electron chi connectivity index (χ2n) is 6.12. The van der Waals surface area contributed by atoms with Crippen LogP contribution in [0.2, 0.25) is 16.6 Å². The molecule has 1 aromatic rings. The maximum atomic E-state index is 13.7. The lowest BCUT2D eigenvalue weighted by Gasteiger charge is -2.42. The zero-order chi connectivity index (χ0) is 15.7. The lowest BCUT2D eigenvalue weighted by Crippen LogP contribution is -2.50. The zero-order valence-electron chi connectivity index (χ0n) is 12.9. The molecule has 5 heteroatoms. The van der Waals surface area contributed by atoms with E-state index in [0.717, 1.165) is 5.75 Å². The summed E-state index contributed by atoms with van der Waals surface area (Å²) in [6.07, 6.45) is 0. The van der Waals surface area contributed by atoms with Gasteiger partial charge in [-0.3, -0.25) is 0 Å². The summed E-state index contributed by atoms with van der Waals surface area (Å²) in [5.74, 6) is 0.455. The van der Waals surface area contributed by atoms with Gasteiger partial charge in [-0.25, -0.2) is 4.39 Å². The number of halogens is 3. The van der Waals surface area contributed by atoms with E-state index in [4.69, 9.17) is 4.43 Å². The molecule has 1 rings (SSSR count). The summed E-state index contributed by atoms with van der Waals surface area (Å²) >= 11 is 6.49. The Hall–Kier alpha value is 0.127. The average Bonchev–Trinajstić information content (AvgIpc) is 2.31. The molecule has 0 aliphatic heterocycles. The van der Waals surface area contributed by atoms with Crippen LogP contribution in [0.5, 0.6) is 5.75 Å². The van der Waals surface area contributed by atoms with Gasteiger partial charge in [0.2, 0.25) is 0 Å². The second kappa shape index (κ2) is 6.92. The minimum Gasteiger partial charge on any atom is -0.543 e. The molecule has 0 aromatic heterocycles. The SMILES string of the molecule is CC(C)[Si](Oc1cc(Br)c(F)c(Br)c1)(C(C)C)C(C)C. The fourth-order valence-electron chi connectivity index (χ4n) is 3.15. The standard InChI is InChI=1S/C15H23Br2FOSi/c1-9(2)20(10(3)4,11(5)6)19-12-7-13(16)15(18)14(17)8-12/h7-11H,1-6H3. The van der Waals surface area contributed by atoms with Crippen LogP contribution in [-0.4, -0.2) is 8.32 Å². The Morgan fingerprint density at radius 2 is 1.25 bits per heavy atom. The first-order chi connectivity index (χ1) is 9.12. The van der Waals surface area contributed by atoms with E-state index in [9.17, 15) is 4.39 Å². The van der Waals surface area contributed by atoms with Gasteiger partial charge in [0.15, 0.2) is 5.82 Å². The maximum absolute atomic E-state index is 13.7. The van der Waals surface area contributed by atoms with Crippen molar-refractivity contribution in [1.29, 1.82) is 0 Å². The summed E-state index contributed by atoms with van der Waals surface area (Å²) in [7, 11) is -2.00. The summed E-state index contributed by atoms with van der Waals surface area (Å²) in [5, 5.41) is 0. The number of benzene rings is 1. The summed E-state index contributed by atoms with van der Waals surface area (Å²) in [5.41, 5.74) is 1.47. The lowest BCUT2D eigenvalue weighted by atomic mass is 10.3. The van der Waals surface area contributed by atoms with E-state index in [1.807, 2.05) is 0 Å². The van der Waals surface area contributed by atoms with Crippen molar-refractivity contribution in [3.8, 4) is 5.75 Å². The predicted octanol–water partition coefficient (Wildman–Crippen LogP) is 6.91. The quantitative estimate of drug-likeness (QED) is 0.368. The van der Waals surface area contributed by atoms with E-state index in [2.05, 4.69) is 73.4 Å². The van der Waals surface area contributed by atoms with Crippen molar-refractivity contribution in [3.05, 3.63) is 26.9 Å². The highest BCUT2D eigenvalue weighted by molar-refractivity contribution is 9.11. The molecule has 1 nitrogen and oxygen atoms in total. The highest BCUT2D eigenvalue weighted by Crippen LogP contribution is 2.43. The Morgan fingerprint density at radius 3 is 1.55 bits per heavy atom. The Morgan fingerprint density at radius 1 is 0.900 bits per heavy atom. The third-order valence-electron chi connectivity index (χ3n) is 3.96. The smallest absolute Gasteiger partial charge is 0.258 e. The van der Waals surface area contributed by atoms with Crippen LogP contribution < -0.4 is 4.43 Å². The molecule has 0 amide bonds. The zero-order valence-corrected chi connectivity index (χ0v) is 17.1. The first-order valence-corrected chi connectivity index (χ1v) is 10.7. The topological polar surface area (TPSA) is 9.23 Å². The third-order valence-corrected chi connectivity index (χ3v) is 11.1. The summed E-state index contributed by atoms with van der Waals surface area (Å²) in [4.78, 5) is 0. The summed E-state index contributed by atoms with van der Waals surface area (Å²) < 4.78 is 21.1. The van der Waals surface area contributed by atoms with Crippen molar-refractivity contribution in [1.82, 2.24) is 0 Å². The van der Waals surface area contributed by atoms with Crippen molar-refractivity contribution in [2.24, 2.45) is 0 Å². The summed E-state index contributed by atoms with van der Waals surface area (Å²) in [6, 6.07) is 3.46. The highest BCUT2D eigenvalue weighted by atomic mass is 79.9. The molecular weight excluding hydrogens is 403 g/mol. The van der Waals surface area contributed by atoms with Crippen molar-refractivity contribution in [2.45, 2.75) is 58.2 Å². The number of hydrogen-bond acceptors (Lipinski definition) is 1. The van der Waals surface area contributed by atoms with Crippen LogP contribution in [0, 0.1) is 5.82 Å². The van der Waals surface area contributed by atoms with Gasteiger partial charge in [0.1, 0.15) is 5.75 Å². The molecule has 114 valence electrons. The van der Waals surface area contributed by atoms with E-state index in [1.165, 1.54) is 0 Å². The van der Waals surface area contributed by atoms with E-state index in [-0.39, 0.29) is 5.82 Å². The van der Waals surface area contributed by atoms with Gasteiger partial charge >= 0.3 is 0 Å². The Balaban J connectivity index is 3.27. The first kappa shape index (κ1) is 18.2. The van der Waals surface area contributed by atoms with E-state index >= 15 is 0 Å². The van der Waals surface area contributed by atoms with Crippen LogP contribution in [0.3, 0.4) is 0 Å². The molecule has 0 saturated heterocycles. The third kappa shape index (κ3) is 3.47. The fourth-order valence-corrected chi connectivity index (χ4v) is 9.53. The minimum absolute atomic E-state index is 0.289. The van der Waals surface area contributed by atoms with Gasteiger partial charge in [-0.15, -0.1) is 0 Å². The predicted molar refractivity (Wildman–Crippen MR) is 93.5 cm³/mol. The molecule has 0 radical (unpaired) electrons. The van der Waals surface area contributed by atoms with Crippen LogP contribution in [0.15, 0.2) is 21.1 Å². The first-order valence-electron chi connectivity index (χ1n) is 6.96. The van der Waals surface area contributed by atoms with Gasteiger partial charge in [0, 0.05) is 0 Å². The molecule has 0 bridgehead atoms. The molecule has 0 atom stereocenters. The normalized spacial score (nSPS) is 12.6. The fraction of sp³-hybridized carbons (Fsp3) is 0.600. The van der Waals surface area contributed by atoms with Crippen molar-refractivity contribution < 1.29 is 8.82 Å². The molecule has 0 aliphatic carbocycles. The maximum Gasteiger partial charge on any atom is 0.258 e.